The van der Waals surface area contributed by atoms with Gasteiger partial charge in [0.05, 0.1) is 0 Å². The van der Waals surface area contributed by atoms with Gasteiger partial charge in [-0.1, -0.05) is 34.1 Å². The molecule has 1 heterocycles. The fraction of sp³-hybridized carbons (Fsp3) is 0.417. The Balaban J connectivity index is 2.47. The lowest BCUT2D eigenvalue weighted by Gasteiger charge is -2.34. The van der Waals surface area contributed by atoms with Crippen molar-refractivity contribution in [1.82, 2.24) is 5.32 Å². The van der Waals surface area contributed by atoms with E-state index in [0.717, 1.165) is 23.0 Å². The van der Waals surface area contributed by atoms with Crippen molar-refractivity contribution in [3.63, 3.8) is 0 Å². The third kappa shape index (κ3) is 1.87. The topological polar surface area (TPSA) is 49.3 Å². The van der Waals surface area contributed by atoms with Crippen molar-refractivity contribution in [2.75, 3.05) is 13.1 Å². The maximum atomic E-state index is 11.6. The number of benzene rings is 1. The Bertz CT molecular complexity index is 400. The van der Waals surface area contributed by atoms with Crippen molar-refractivity contribution in [2.24, 2.45) is 0 Å². The van der Waals surface area contributed by atoms with Gasteiger partial charge >= 0.3 is 5.97 Å². The van der Waals surface area contributed by atoms with Crippen LogP contribution in [0.3, 0.4) is 0 Å². The molecule has 0 aliphatic carbocycles. The summed E-state index contributed by atoms with van der Waals surface area (Å²) >= 11 is 3.44. The first-order valence-corrected chi connectivity index (χ1v) is 6.15. The van der Waals surface area contributed by atoms with E-state index in [-0.39, 0.29) is 0 Å². The SMILES string of the molecule is O=C(O)C1(c2ccccc2Br)CCCNC1. The van der Waals surface area contributed by atoms with E-state index in [1.54, 1.807) is 0 Å². The van der Waals surface area contributed by atoms with Gasteiger partial charge in [-0.3, -0.25) is 4.79 Å². The van der Waals surface area contributed by atoms with Gasteiger partial charge in [-0.25, -0.2) is 0 Å². The molecule has 0 amide bonds. The monoisotopic (exact) mass is 283 g/mol. The lowest BCUT2D eigenvalue weighted by Crippen LogP contribution is -2.49. The highest BCUT2D eigenvalue weighted by molar-refractivity contribution is 9.10. The lowest BCUT2D eigenvalue weighted by molar-refractivity contribution is -0.144. The molecule has 1 aliphatic heterocycles. The zero-order valence-electron chi connectivity index (χ0n) is 8.87. The van der Waals surface area contributed by atoms with Crippen LogP contribution in [0.25, 0.3) is 0 Å². The molecule has 0 bridgehead atoms. The van der Waals surface area contributed by atoms with Crippen LogP contribution in [0, 0.1) is 0 Å². The van der Waals surface area contributed by atoms with E-state index in [2.05, 4.69) is 21.2 Å². The number of hydrogen-bond acceptors (Lipinski definition) is 2. The Morgan fingerprint density at radius 3 is 2.75 bits per heavy atom. The van der Waals surface area contributed by atoms with Gasteiger partial charge in [0.2, 0.25) is 0 Å². The molecule has 0 saturated carbocycles. The maximum Gasteiger partial charge on any atom is 0.315 e. The minimum Gasteiger partial charge on any atom is -0.481 e. The summed E-state index contributed by atoms with van der Waals surface area (Å²) in [5, 5.41) is 12.7. The Hall–Kier alpha value is -0.870. The van der Waals surface area contributed by atoms with Gasteiger partial charge in [-0.2, -0.15) is 0 Å². The first kappa shape index (κ1) is 11.6. The quantitative estimate of drug-likeness (QED) is 0.875. The Kier molecular flexibility index (Phi) is 3.30. The largest absolute Gasteiger partial charge is 0.481 e. The van der Waals surface area contributed by atoms with Crippen LogP contribution in [0.1, 0.15) is 18.4 Å². The summed E-state index contributed by atoms with van der Waals surface area (Å²) in [6.45, 7) is 1.41. The van der Waals surface area contributed by atoms with Gasteiger partial charge in [0.15, 0.2) is 0 Å². The highest BCUT2D eigenvalue weighted by Crippen LogP contribution is 2.35. The van der Waals surface area contributed by atoms with Crippen molar-refractivity contribution < 1.29 is 9.90 Å². The third-order valence-corrected chi connectivity index (χ3v) is 3.87. The number of carboxylic acids is 1. The van der Waals surface area contributed by atoms with Crippen LogP contribution >= 0.6 is 15.9 Å². The smallest absolute Gasteiger partial charge is 0.315 e. The van der Waals surface area contributed by atoms with E-state index in [0.29, 0.717) is 13.0 Å². The Labute approximate surface area is 103 Å². The second kappa shape index (κ2) is 4.55. The molecule has 0 aromatic heterocycles. The van der Waals surface area contributed by atoms with E-state index in [9.17, 15) is 9.90 Å². The summed E-state index contributed by atoms with van der Waals surface area (Å²) in [6.07, 6.45) is 1.59. The summed E-state index contributed by atoms with van der Waals surface area (Å²) in [4.78, 5) is 11.6. The van der Waals surface area contributed by atoms with E-state index < -0.39 is 11.4 Å². The number of carboxylic acid groups (broad SMARTS) is 1. The number of halogens is 1. The first-order valence-electron chi connectivity index (χ1n) is 5.36. The molecule has 2 N–H and O–H groups in total. The lowest BCUT2D eigenvalue weighted by atomic mass is 9.75. The molecule has 1 fully saturated rings. The molecule has 2 rings (SSSR count). The average Bonchev–Trinajstić information content (AvgIpc) is 2.30. The number of piperidine rings is 1. The van der Waals surface area contributed by atoms with Crippen LogP contribution in [0.15, 0.2) is 28.7 Å². The van der Waals surface area contributed by atoms with Crippen LogP contribution < -0.4 is 5.32 Å². The molecule has 16 heavy (non-hydrogen) atoms. The van der Waals surface area contributed by atoms with E-state index in [1.165, 1.54) is 0 Å². The molecule has 1 aromatic carbocycles. The Morgan fingerprint density at radius 2 is 2.19 bits per heavy atom. The number of aliphatic carboxylic acids is 1. The van der Waals surface area contributed by atoms with Gasteiger partial charge < -0.3 is 10.4 Å². The van der Waals surface area contributed by atoms with Crippen molar-refractivity contribution in [3.05, 3.63) is 34.3 Å². The van der Waals surface area contributed by atoms with Gasteiger partial charge in [-0.15, -0.1) is 0 Å². The second-order valence-corrected chi connectivity index (χ2v) is 5.00. The molecule has 86 valence electrons. The summed E-state index contributed by atoms with van der Waals surface area (Å²) < 4.78 is 0.876. The van der Waals surface area contributed by atoms with E-state index in [4.69, 9.17) is 0 Å². The van der Waals surface area contributed by atoms with Gasteiger partial charge in [0, 0.05) is 11.0 Å². The van der Waals surface area contributed by atoms with Crippen LogP contribution in [0.2, 0.25) is 0 Å². The standard InChI is InChI=1S/C12H14BrNO2/c13-10-5-2-1-4-9(10)12(11(15)16)6-3-7-14-8-12/h1-2,4-5,14H,3,6-8H2,(H,15,16). The summed E-state index contributed by atoms with van der Waals surface area (Å²) in [6, 6.07) is 7.58. The summed E-state index contributed by atoms with van der Waals surface area (Å²) in [7, 11) is 0. The number of rotatable bonds is 2. The van der Waals surface area contributed by atoms with Crippen molar-refractivity contribution in [2.45, 2.75) is 18.3 Å². The molecule has 1 atom stereocenters. The summed E-state index contributed by atoms with van der Waals surface area (Å²) in [5.74, 6) is -0.744. The highest BCUT2D eigenvalue weighted by atomic mass is 79.9. The normalized spacial score (nSPS) is 25.3. The third-order valence-electron chi connectivity index (χ3n) is 3.18. The van der Waals surface area contributed by atoms with Gasteiger partial charge in [0.25, 0.3) is 0 Å². The van der Waals surface area contributed by atoms with Crippen LogP contribution in [-0.2, 0) is 10.2 Å². The number of carbonyl (C=O) groups is 1. The van der Waals surface area contributed by atoms with Crippen LogP contribution in [0.4, 0.5) is 0 Å². The number of nitrogens with one attached hydrogen (secondary N) is 1. The average molecular weight is 284 g/mol. The molecule has 4 heteroatoms. The highest BCUT2D eigenvalue weighted by Gasteiger charge is 2.42. The molecule has 0 spiro atoms. The van der Waals surface area contributed by atoms with Crippen molar-refractivity contribution in [1.29, 1.82) is 0 Å². The Morgan fingerprint density at radius 1 is 1.44 bits per heavy atom. The molecular formula is C12H14BrNO2. The van der Waals surface area contributed by atoms with Crippen LogP contribution in [-0.4, -0.2) is 24.2 Å². The van der Waals surface area contributed by atoms with E-state index in [1.807, 2.05) is 24.3 Å². The molecule has 1 saturated heterocycles. The molecule has 1 aliphatic rings. The number of hydrogen-bond donors (Lipinski definition) is 2. The van der Waals surface area contributed by atoms with Crippen LogP contribution in [0.5, 0.6) is 0 Å². The fourth-order valence-corrected chi connectivity index (χ4v) is 2.95. The molecule has 3 nitrogen and oxygen atoms in total. The minimum atomic E-state index is -0.779. The zero-order chi connectivity index (χ0) is 11.6. The van der Waals surface area contributed by atoms with Gasteiger partial charge in [0.1, 0.15) is 5.41 Å². The predicted octanol–water partition coefficient (Wildman–Crippen LogP) is 2.15. The second-order valence-electron chi connectivity index (χ2n) is 4.15. The minimum absolute atomic E-state index is 0.505. The van der Waals surface area contributed by atoms with Crippen molar-refractivity contribution >= 4 is 21.9 Å². The summed E-state index contributed by atoms with van der Waals surface area (Å²) in [5.41, 5.74) is 0.0907. The predicted molar refractivity (Wildman–Crippen MR) is 65.6 cm³/mol. The zero-order valence-corrected chi connectivity index (χ0v) is 10.5. The molecule has 1 unspecified atom stereocenters. The van der Waals surface area contributed by atoms with E-state index >= 15 is 0 Å². The maximum absolute atomic E-state index is 11.6. The first-order chi connectivity index (χ1) is 7.67. The molecule has 0 radical (unpaired) electrons. The van der Waals surface area contributed by atoms with Crippen molar-refractivity contribution in [3.8, 4) is 0 Å². The van der Waals surface area contributed by atoms with Gasteiger partial charge in [-0.05, 0) is 31.0 Å². The molecule has 1 aromatic rings. The molecular weight excluding hydrogens is 270 g/mol. The fourth-order valence-electron chi connectivity index (χ4n) is 2.28.